The molecule has 3 rings (SSSR count). The van der Waals surface area contributed by atoms with E-state index in [0.29, 0.717) is 6.04 Å². The summed E-state index contributed by atoms with van der Waals surface area (Å²) in [6.07, 6.45) is 9.61. The molecule has 0 aromatic heterocycles. The minimum atomic E-state index is -0.472. The van der Waals surface area contributed by atoms with Crippen molar-refractivity contribution in [3.63, 3.8) is 0 Å². The van der Waals surface area contributed by atoms with Crippen LogP contribution in [-0.4, -0.2) is 69.7 Å². The van der Waals surface area contributed by atoms with Gasteiger partial charge >= 0.3 is 12.1 Å². The van der Waals surface area contributed by atoms with Crippen molar-refractivity contribution in [2.75, 3.05) is 13.1 Å². The van der Waals surface area contributed by atoms with E-state index in [0.717, 1.165) is 51.6 Å². The molecule has 2 bridgehead atoms. The summed E-state index contributed by atoms with van der Waals surface area (Å²) in [7, 11) is 0. The molecule has 3 amide bonds. The summed E-state index contributed by atoms with van der Waals surface area (Å²) in [5.74, 6) is 0. The Bertz CT molecular complexity index is 564. The molecular weight excluding hydrogens is 366 g/mol. The van der Waals surface area contributed by atoms with E-state index in [4.69, 9.17) is 4.74 Å². The maximum Gasteiger partial charge on any atom is 0.410 e. The monoisotopic (exact) mass is 407 g/mol. The molecule has 1 saturated carbocycles. The fourth-order valence-electron chi connectivity index (χ4n) is 5.62. The highest BCUT2D eigenvalue weighted by atomic mass is 16.6. The SMILES string of the molecule is CCN(CC)C(=O)N(C1CCCCC1)C1CC2CCC(C1)N2C(=O)OC(C)(C)C. The van der Waals surface area contributed by atoms with E-state index in [1.807, 2.05) is 30.6 Å². The molecule has 6 heteroatoms. The van der Waals surface area contributed by atoms with Gasteiger partial charge in [-0.1, -0.05) is 19.3 Å². The van der Waals surface area contributed by atoms with Crippen LogP contribution in [0, 0.1) is 0 Å². The minimum Gasteiger partial charge on any atom is -0.444 e. The average molecular weight is 408 g/mol. The van der Waals surface area contributed by atoms with Gasteiger partial charge < -0.3 is 19.4 Å². The van der Waals surface area contributed by atoms with Crippen molar-refractivity contribution in [3.05, 3.63) is 0 Å². The lowest BCUT2D eigenvalue weighted by atomic mass is 9.89. The zero-order chi connectivity index (χ0) is 21.2. The Morgan fingerprint density at radius 2 is 1.45 bits per heavy atom. The fraction of sp³-hybridized carbons (Fsp3) is 0.913. The first-order valence-electron chi connectivity index (χ1n) is 11.8. The Morgan fingerprint density at radius 3 is 1.93 bits per heavy atom. The highest BCUT2D eigenvalue weighted by Gasteiger charge is 2.48. The van der Waals surface area contributed by atoms with Crippen LogP contribution in [0.1, 0.15) is 92.4 Å². The third-order valence-electron chi connectivity index (χ3n) is 6.93. The molecule has 6 nitrogen and oxygen atoms in total. The summed E-state index contributed by atoms with van der Waals surface area (Å²) in [6.45, 7) is 11.4. The van der Waals surface area contributed by atoms with Gasteiger partial charge in [-0.2, -0.15) is 0 Å². The summed E-state index contributed by atoms with van der Waals surface area (Å²) in [4.78, 5) is 32.5. The first kappa shape index (κ1) is 22.2. The number of urea groups is 1. The van der Waals surface area contributed by atoms with E-state index in [9.17, 15) is 9.59 Å². The lowest BCUT2D eigenvalue weighted by Gasteiger charge is -2.47. The molecule has 1 aliphatic carbocycles. The van der Waals surface area contributed by atoms with Gasteiger partial charge in [0.15, 0.2) is 0 Å². The van der Waals surface area contributed by atoms with Crippen LogP contribution in [0.3, 0.4) is 0 Å². The van der Waals surface area contributed by atoms with Gasteiger partial charge in [0.25, 0.3) is 0 Å². The van der Waals surface area contributed by atoms with E-state index in [-0.39, 0.29) is 30.2 Å². The van der Waals surface area contributed by atoms with Crippen molar-refractivity contribution in [1.29, 1.82) is 0 Å². The number of carbonyl (C=O) groups excluding carboxylic acids is 2. The Kier molecular flexibility index (Phi) is 7.00. The van der Waals surface area contributed by atoms with E-state index in [1.165, 1.54) is 19.3 Å². The van der Waals surface area contributed by atoms with Gasteiger partial charge in [0.1, 0.15) is 5.60 Å². The number of fused-ring (bicyclic) bond motifs is 2. The molecule has 3 fully saturated rings. The molecule has 3 aliphatic rings. The first-order valence-corrected chi connectivity index (χ1v) is 11.8. The van der Waals surface area contributed by atoms with Gasteiger partial charge in [0, 0.05) is 37.3 Å². The van der Waals surface area contributed by atoms with Crippen molar-refractivity contribution in [2.45, 2.75) is 122 Å². The molecule has 2 aliphatic heterocycles. The Hall–Kier alpha value is -1.46. The first-order chi connectivity index (χ1) is 13.7. The third-order valence-corrected chi connectivity index (χ3v) is 6.93. The number of amides is 3. The quantitative estimate of drug-likeness (QED) is 0.658. The van der Waals surface area contributed by atoms with Crippen LogP contribution in [0.15, 0.2) is 0 Å². The maximum atomic E-state index is 13.5. The molecule has 0 N–H and O–H groups in total. The molecule has 29 heavy (non-hydrogen) atoms. The molecule has 0 aromatic carbocycles. The second-order valence-electron chi connectivity index (χ2n) is 10.1. The smallest absolute Gasteiger partial charge is 0.410 e. The van der Waals surface area contributed by atoms with Gasteiger partial charge in [-0.3, -0.25) is 0 Å². The van der Waals surface area contributed by atoms with Crippen molar-refractivity contribution in [3.8, 4) is 0 Å². The molecule has 2 unspecified atom stereocenters. The summed E-state index contributed by atoms with van der Waals surface area (Å²) >= 11 is 0. The maximum absolute atomic E-state index is 13.5. The van der Waals surface area contributed by atoms with Gasteiger partial charge in [-0.25, -0.2) is 9.59 Å². The summed E-state index contributed by atoms with van der Waals surface area (Å²) in [5, 5.41) is 0. The number of hydrogen-bond donors (Lipinski definition) is 0. The van der Waals surface area contributed by atoms with Crippen molar-refractivity contribution in [1.82, 2.24) is 14.7 Å². The fourth-order valence-corrected chi connectivity index (χ4v) is 5.62. The van der Waals surface area contributed by atoms with Gasteiger partial charge in [-0.05, 0) is 73.1 Å². The number of ether oxygens (including phenoxy) is 1. The average Bonchev–Trinajstić information content (AvgIpc) is 2.93. The van der Waals surface area contributed by atoms with Gasteiger partial charge in [-0.15, -0.1) is 0 Å². The standard InChI is InChI=1S/C23H41N3O3/c1-6-24(7-2)21(27)25(17-11-9-8-10-12-17)20-15-18-13-14-19(16-20)26(18)22(28)29-23(3,4)5/h17-20H,6-16H2,1-5H3. The highest BCUT2D eigenvalue weighted by molar-refractivity contribution is 5.75. The van der Waals surface area contributed by atoms with E-state index < -0.39 is 5.60 Å². The Labute approximate surface area is 176 Å². The van der Waals surface area contributed by atoms with Crippen LogP contribution in [0.4, 0.5) is 9.59 Å². The molecule has 0 radical (unpaired) electrons. The highest BCUT2D eigenvalue weighted by Crippen LogP contribution is 2.40. The largest absolute Gasteiger partial charge is 0.444 e. The predicted octanol–water partition coefficient (Wildman–Crippen LogP) is 5.01. The third kappa shape index (κ3) is 5.00. The molecule has 2 atom stereocenters. The van der Waals surface area contributed by atoms with Crippen LogP contribution in [0.5, 0.6) is 0 Å². The van der Waals surface area contributed by atoms with Gasteiger partial charge in [0.2, 0.25) is 0 Å². The van der Waals surface area contributed by atoms with Crippen molar-refractivity contribution in [2.24, 2.45) is 0 Å². The van der Waals surface area contributed by atoms with Crippen LogP contribution < -0.4 is 0 Å². The molecule has 0 spiro atoms. The Balaban J connectivity index is 1.76. The van der Waals surface area contributed by atoms with Crippen LogP contribution in [0.25, 0.3) is 0 Å². The lowest BCUT2D eigenvalue weighted by molar-refractivity contribution is -0.00693. The summed E-state index contributed by atoms with van der Waals surface area (Å²) in [5.41, 5.74) is -0.472. The molecule has 2 heterocycles. The molecule has 0 aromatic rings. The lowest BCUT2D eigenvalue weighted by Crippen LogP contribution is -2.59. The molecular formula is C23H41N3O3. The second kappa shape index (κ2) is 9.13. The van der Waals surface area contributed by atoms with Crippen LogP contribution in [0.2, 0.25) is 0 Å². The summed E-state index contributed by atoms with van der Waals surface area (Å²) in [6, 6.07) is 1.20. The van der Waals surface area contributed by atoms with Crippen molar-refractivity contribution >= 4 is 12.1 Å². The zero-order valence-corrected chi connectivity index (χ0v) is 19.2. The normalized spacial score (nSPS) is 27.6. The van der Waals surface area contributed by atoms with E-state index in [1.54, 1.807) is 0 Å². The number of nitrogens with zero attached hydrogens (tertiary/aromatic N) is 3. The number of piperidine rings is 1. The number of rotatable bonds is 4. The van der Waals surface area contributed by atoms with Crippen molar-refractivity contribution < 1.29 is 14.3 Å². The minimum absolute atomic E-state index is 0.178. The van der Waals surface area contributed by atoms with E-state index >= 15 is 0 Å². The van der Waals surface area contributed by atoms with E-state index in [2.05, 4.69) is 18.7 Å². The molecule has 166 valence electrons. The number of carbonyl (C=O) groups is 2. The predicted molar refractivity (Wildman–Crippen MR) is 115 cm³/mol. The second-order valence-corrected chi connectivity index (χ2v) is 10.1. The van der Waals surface area contributed by atoms with Crippen LogP contribution in [-0.2, 0) is 4.74 Å². The van der Waals surface area contributed by atoms with Crippen LogP contribution >= 0.6 is 0 Å². The topological polar surface area (TPSA) is 53.1 Å². The zero-order valence-electron chi connectivity index (χ0n) is 19.2. The molecule has 2 saturated heterocycles. The summed E-state index contributed by atoms with van der Waals surface area (Å²) < 4.78 is 5.69. The van der Waals surface area contributed by atoms with Gasteiger partial charge in [0.05, 0.1) is 0 Å². The Morgan fingerprint density at radius 1 is 0.897 bits per heavy atom. The number of hydrogen-bond acceptors (Lipinski definition) is 3.